The van der Waals surface area contributed by atoms with Crippen molar-refractivity contribution in [3.8, 4) is 0 Å². The molecule has 0 aliphatic heterocycles. The van der Waals surface area contributed by atoms with E-state index in [0.717, 1.165) is 32.1 Å². The first-order valence-electron chi connectivity index (χ1n) is 11.8. The van der Waals surface area contributed by atoms with Gasteiger partial charge in [0.15, 0.2) is 5.13 Å². The van der Waals surface area contributed by atoms with Crippen LogP contribution < -0.4 is 10.6 Å². The van der Waals surface area contributed by atoms with E-state index >= 15 is 0 Å². The third-order valence-corrected chi connectivity index (χ3v) is 6.70. The molecule has 1 aromatic heterocycles. The van der Waals surface area contributed by atoms with E-state index in [9.17, 15) is 14.4 Å². The first kappa shape index (κ1) is 24.9. The number of benzene rings is 1. The SMILES string of the molecule is CC(C)N(CC(=O)Nc1nc(CC(=O)NCCc2ccccc2)cs1)C(=O)C1CCCCC1. The molecule has 1 aromatic carbocycles. The molecule has 3 rings (SSSR count). The molecule has 1 aliphatic rings. The molecular formula is C25H34N4O3S. The maximum absolute atomic E-state index is 12.9. The minimum absolute atomic E-state index is 0.0158. The van der Waals surface area contributed by atoms with Gasteiger partial charge >= 0.3 is 0 Å². The fourth-order valence-electron chi connectivity index (χ4n) is 4.08. The van der Waals surface area contributed by atoms with Gasteiger partial charge in [0.1, 0.15) is 6.54 Å². The molecule has 0 radical (unpaired) electrons. The maximum Gasteiger partial charge on any atom is 0.245 e. The number of anilines is 1. The van der Waals surface area contributed by atoms with E-state index < -0.39 is 0 Å². The number of amides is 3. The fourth-order valence-corrected chi connectivity index (χ4v) is 4.80. The van der Waals surface area contributed by atoms with Crippen molar-refractivity contribution in [2.45, 2.75) is 64.8 Å². The molecule has 1 saturated carbocycles. The second kappa shape index (κ2) is 12.5. The molecule has 178 valence electrons. The van der Waals surface area contributed by atoms with Gasteiger partial charge < -0.3 is 15.5 Å². The van der Waals surface area contributed by atoms with Crippen molar-refractivity contribution < 1.29 is 14.4 Å². The average Bonchev–Trinajstić information content (AvgIpc) is 3.24. The highest BCUT2D eigenvalue weighted by atomic mass is 32.1. The standard InChI is InChI=1S/C25H34N4O3S/c1-18(2)29(24(32)20-11-7-4-8-12-20)16-23(31)28-25-27-21(17-33-25)15-22(30)26-14-13-19-9-5-3-6-10-19/h3,5-6,9-10,17-18,20H,4,7-8,11-16H2,1-2H3,(H,26,30)(H,27,28,31). The molecule has 1 aliphatic carbocycles. The Morgan fingerprint density at radius 2 is 1.82 bits per heavy atom. The Balaban J connectivity index is 1.44. The number of nitrogens with zero attached hydrogens (tertiary/aromatic N) is 2. The Kier molecular flexibility index (Phi) is 9.42. The number of carbonyl (C=O) groups is 3. The zero-order chi connectivity index (χ0) is 23.6. The Morgan fingerprint density at radius 3 is 2.52 bits per heavy atom. The summed E-state index contributed by atoms with van der Waals surface area (Å²) in [5.74, 6) is -0.257. The summed E-state index contributed by atoms with van der Waals surface area (Å²) in [5, 5.41) is 7.92. The molecule has 3 amide bonds. The molecule has 0 spiro atoms. The van der Waals surface area contributed by atoms with Crippen LogP contribution in [0.2, 0.25) is 0 Å². The summed E-state index contributed by atoms with van der Waals surface area (Å²) < 4.78 is 0. The van der Waals surface area contributed by atoms with E-state index in [1.165, 1.54) is 23.3 Å². The number of thiazole rings is 1. The van der Waals surface area contributed by atoms with Gasteiger partial charge in [0.05, 0.1) is 12.1 Å². The second-order valence-electron chi connectivity index (χ2n) is 8.85. The largest absolute Gasteiger partial charge is 0.355 e. The van der Waals surface area contributed by atoms with E-state index in [1.54, 1.807) is 10.3 Å². The Hall–Kier alpha value is -2.74. The molecule has 2 N–H and O–H groups in total. The van der Waals surface area contributed by atoms with E-state index in [1.807, 2.05) is 44.2 Å². The van der Waals surface area contributed by atoms with E-state index in [0.29, 0.717) is 17.4 Å². The third-order valence-electron chi connectivity index (χ3n) is 5.89. The van der Waals surface area contributed by atoms with Gasteiger partial charge in [0, 0.05) is 23.9 Å². The van der Waals surface area contributed by atoms with Crippen molar-refractivity contribution >= 4 is 34.2 Å². The molecule has 0 unspecified atom stereocenters. The van der Waals surface area contributed by atoms with Gasteiger partial charge in [-0.15, -0.1) is 11.3 Å². The molecule has 1 fully saturated rings. The number of hydrogen-bond acceptors (Lipinski definition) is 5. The van der Waals surface area contributed by atoms with Crippen LogP contribution in [0.3, 0.4) is 0 Å². The summed E-state index contributed by atoms with van der Waals surface area (Å²) in [6.07, 6.45) is 6.10. The van der Waals surface area contributed by atoms with Gasteiger partial charge in [-0.1, -0.05) is 49.6 Å². The average molecular weight is 471 g/mol. The van der Waals surface area contributed by atoms with Crippen LogP contribution in [0.1, 0.15) is 57.2 Å². The molecule has 8 heteroatoms. The highest BCUT2D eigenvalue weighted by Crippen LogP contribution is 2.26. The minimum atomic E-state index is -0.263. The van der Waals surface area contributed by atoms with Gasteiger partial charge in [0.25, 0.3) is 0 Å². The van der Waals surface area contributed by atoms with Gasteiger partial charge in [-0.2, -0.15) is 0 Å². The molecule has 2 aromatic rings. The second-order valence-corrected chi connectivity index (χ2v) is 9.71. The lowest BCUT2D eigenvalue weighted by molar-refractivity contribution is -0.141. The predicted molar refractivity (Wildman–Crippen MR) is 131 cm³/mol. The Morgan fingerprint density at radius 1 is 1.09 bits per heavy atom. The smallest absolute Gasteiger partial charge is 0.245 e. The van der Waals surface area contributed by atoms with Crippen molar-refractivity contribution in [1.82, 2.24) is 15.2 Å². The van der Waals surface area contributed by atoms with E-state index in [-0.39, 0.29) is 42.6 Å². The zero-order valence-corrected chi connectivity index (χ0v) is 20.3. The van der Waals surface area contributed by atoms with Crippen molar-refractivity contribution in [3.63, 3.8) is 0 Å². The summed E-state index contributed by atoms with van der Waals surface area (Å²) in [7, 11) is 0. The first-order chi connectivity index (χ1) is 15.9. The van der Waals surface area contributed by atoms with Crippen molar-refractivity contribution in [2.24, 2.45) is 5.92 Å². The van der Waals surface area contributed by atoms with Crippen LogP contribution in [0.25, 0.3) is 0 Å². The zero-order valence-electron chi connectivity index (χ0n) is 19.5. The molecule has 0 saturated heterocycles. The summed E-state index contributed by atoms with van der Waals surface area (Å²) in [5.41, 5.74) is 1.79. The first-order valence-corrected chi connectivity index (χ1v) is 12.7. The van der Waals surface area contributed by atoms with Crippen LogP contribution in [-0.2, 0) is 27.2 Å². The lowest BCUT2D eigenvalue weighted by Crippen LogP contribution is -2.45. The molecule has 7 nitrogen and oxygen atoms in total. The summed E-state index contributed by atoms with van der Waals surface area (Å²) in [6, 6.07) is 9.95. The van der Waals surface area contributed by atoms with E-state index in [2.05, 4.69) is 15.6 Å². The van der Waals surface area contributed by atoms with Crippen LogP contribution in [0, 0.1) is 5.92 Å². The molecule has 0 bridgehead atoms. The highest BCUT2D eigenvalue weighted by molar-refractivity contribution is 7.13. The van der Waals surface area contributed by atoms with Crippen LogP contribution in [-0.4, -0.2) is 46.7 Å². The van der Waals surface area contributed by atoms with E-state index in [4.69, 9.17) is 0 Å². The highest BCUT2D eigenvalue weighted by Gasteiger charge is 2.29. The molecule has 33 heavy (non-hydrogen) atoms. The molecule has 0 atom stereocenters. The summed E-state index contributed by atoms with van der Waals surface area (Å²) in [6.45, 7) is 4.45. The topological polar surface area (TPSA) is 91.4 Å². The normalized spacial score (nSPS) is 14.2. The van der Waals surface area contributed by atoms with Crippen LogP contribution >= 0.6 is 11.3 Å². The predicted octanol–water partition coefficient (Wildman–Crippen LogP) is 3.80. The number of carbonyl (C=O) groups excluding carboxylic acids is 3. The lowest BCUT2D eigenvalue weighted by Gasteiger charge is -2.31. The van der Waals surface area contributed by atoms with Crippen LogP contribution in [0.15, 0.2) is 35.7 Å². The number of rotatable bonds is 10. The third kappa shape index (κ3) is 7.96. The Labute approximate surface area is 200 Å². The van der Waals surface area contributed by atoms with Crippen LogP contribution in [0.4, 0.5) is 5.13 Å². The van der Waals surface area contributed by atoms with Crippen molar-refractivity contribution in [1.29, 1.82) is 0 Å². The minimum Gasteiger partial charge on any atom is -0.355 e. The lowest BCUT2D eigenvalue weighted by atomic mass is 9.88. The summed E-state index contributed by atoms with van der Waals surface area (Å²) in [4.78, 5) is 43.8. The quantitative estimate of drug-likeness (QED) is 0.553. The number of hydrogen-bond donors (Lipinski definition) is 2. The Bertz CT molecular complexity index is 923. The van der Waals surface area contributed by atoms with Gasteiger partial charge in [-0.25, -0.2) is 4.98 Å². The van der Waals surface area contributed by atoms with Gasteiger partial charge in [-0.05, 0) is 38.7 Å². The molecule has 1 heterocycles. The summed E-state index contributed by atoms with van der Waals surface area (Å²) >= 11 is 1.29. The molecular weight excluding hydrogens is 436 g/mol. The monoisotopic (exact) mass is 470 g/mol. The van der Waals surface area contributed by atoms with Crippen molar-refractivity contribution in [2.75, 3.05) is 18.4 Å². The number of nitrogens with one attached hydrogen (secondary N) is 2. The maximum atomic E-state index is 12.9. The van der Waals surface area contributed by atoms with Gasteiger partial charge in [0.2, 0.25) is 17.7 Å². The van der Waals surface area contributed by atoms with Crippen molar-refractivity contribution in [3.05, 3.63) is 47.0 Å². The van der Waals surface area contributed by atoms with Crippen LogP contribution in [0.5, 0.6) is 0 Å². The fraction of sp³-hybridized carbons (Fsp3) is 0.520. The van der Waals surface area contributed by atoms with Gasteiger partial charge in [-0.3, -0.25) is 14.4 Å². The number of aromatic nitrogens is 1.